The van der Waals surface area contributed by atoms with E-state index in [1.807, 2.05) is 0 Å². The summed E-state index contributed by atoms with van der Waals surface area (Å²) in [5, 5.41) is 0. The topological polar surface area (TPSA) is 47.7 Å². The van der Waals surface area contributed by atoms with Crippen molar-refractivity contribution in [3.63, 3.8) is 0 Å². The first kappa shape index (κ1) is 24.5. The number of rotatable bonds is 17. The molecule has 2 N–H and O–H groups in total. The van der Waals surface area contributed by atoms with Gasteiger partial charge >= 0.3 is 0 Å². The third kappa shape index (κ3) is 9.07. The highest BCUT2D eigenvalue weighted by Crippen LogP contribution is 2.37. The number of methoxy groups -OCH3 is 2. The molecular weight excluding hydrogens is 348 g/mol. The summed E-state index contributed by atoms with van der Waals surface area (Å²) >= 11 is 0. The van der Waals surface area contributed by atoms with Crippen LogP contribution >= 0.6 is 0 Å². The molecule has 4 nitrogen and oxygen atoms in total. The fourth-order valence-electron chi connectivity index (χ4n) is 3.64. The predicted molar refractivity (Wildman–Crippen MR) is 123 cm³/mol. The van der Waals surface area contributed by atoms with Crippen LogP contribution in [0, 0.1) is 0 Å². The zero-order chi connectivity index (χ0) is 20.6. The molecular formula is C24H44N2O2. The first-order chi connectivity index (χ1) is 13.7. The minimum Gasteiger partial charge on any atom is -0.494 e. The quantitative estimate of drug-likeness (QED) is 0.233. The van der Waals surface area contributed by atoms with Crippen LogP contribution in [0.25, 0.3) is 0 Å². The Morgan fingerprint density at radius 2 is 1.07 bits per heavy atom. The molecule has 0 fully saturated rings. The lowest BCUT2D eigenvalue weighted by atomic mass is 10.1. The van der Waals surface area contributed by atoms with Gasteiger partial charge in [0.15, 0.2) is 0 Å². The molecule has 0 bridgehead atoms. The largest absolute Gasteiger partial charge is 0.494 e. The average molecular weight is 393 g/mol. The number of anilines is 2. The normalized spacial score (nSPS) is 10.9. The summed E-state index contributed by atoms with van der Waals surface area (Å²) < 4.78 is 11.0. The number of nitrogens with zero attached hydrogens (tertiary/aromatic N) is 1. The highest BCUT2D eigenvalue weighted by molar-refractivity contribution is 5.70. The number of nitrogen functional groups attached to an aromatic ring is 1. The van der Waals surface area contributed by atoms with E-state index in [0.717, 1.165) is 18.8 Å². The van der Waals surface area contributed by atoms with E-state index in [-0.39, 0.29) is 0 Å². The standard InChI is InChI=1S/C24H44N2O2/c1-5-7-9-11-13-15-17-26(18-16-14-12-10-8-6-2)21-19-22(27-3)24(25)23(20-21)28-4/h19-20H,5-18,25H2,1-4H3. The van der Waals surface area contributed by atoms with E-state index >= 15 is 0 Å². The lowest BCUT2D eigenvalue weighted by Crippen LogP contribution is -2.26. The van der Waals surface area contributed by atoms with Gasteiger partial charge in [-0.05, 0) is 12.8 Å². The Hall–Kier alpha value is -1.58. The summed E-state index contributed by atoms with van der Waals surface area (Å²) in [5.74, 6) is 1.40. The Morgan fingerprint density at radius 1 is 0.679 bits per heavy atom. The molecule has 0 aliphatic rings. The fourth-order valence-corrected chi connectivity index (χ4v) is 3.64. The van der Waals surface area contributed by atoms with Crippen molar-refractivity contribution in [2.75, 3.05) is 37.9 Å². The molecule has 1 rings (SSSR count). The van der Waals surface area contributed by atoms with Gasteiger partial charge in [0.1, 0.15) is 17.2 Å². The van der Waals surface area contributed by atoms with Crippen LogP contribution in [0.15, 0.2) is 12.1 Å². The molecule has 1 aromatic carbocycles. The van der Waals surface area contributed by atoms with Crippen molar-refractivity contribution < 1.29 is 9.47 Å². The molecule has 0 aliphatic heterocycles. The molecule has 28 heavy (non-hydrogen) atoms. The van der Waals surface area contributed by atoms with Gasteiger partial charge in [-0.3, -0.25) is 0 Å². The van der Waals surface area contributed by atoms with Crippen LogP contribution in [0.5, 0.6) is 11.5 Å². The van der Waals surface area contributed by atoms with E-state index in [9.17, 15) is 0 Å². The van der Waals surface area contributed by atoms with Crippen molar-refractivity contribution in [2.24, 2.45) is 0 Å². The Kier molecular flexibility index (Phi) is 13.4. The van der Waals surface area contributed by atoms with Crippen LogP contribution in [0.3, 0.4) is 0 Å². The van der Waals surface area contributed by atoms with Crippen LogP contribution in [-0.4, -0.2) is 27.3 Å². The van der Waals surface area contributed by atoms with E-state index in [2.05, 4.69) is 30.9 Å². The van der Waals surface area contributed by atoms with Crippen molar-refractivity contribution in [1.82, 2.24) is 0 Å². The maximum atomic E-state index is 6.14. The Bertz CT molecular complexity index is 478. The smallest absolute Gasteiger partial charge is 0.147 e. The van der Waals surface area contributed by atoms with E-state index in [1.165, 1.54) is 77.0 Å². The Morgan fingerprint density at radius 3 is 1.46 bits per heavy atom. The Labute approximate surface area is 173 Å². The molecule has 0 unspecified atom stereocenters. The zero-order valence-corrected chi connectivity index (χ0v) is 18.9. The highest BCUT2D eigenvalue weighted by Gasteiger charge is 2.14. The molecule has 0 spiro atoms. The van der Waals surface area contributed by atoms with Crippen LogP contribution in [0.1, 0.15) is 90.9 Å². The van der Waals surface area contributed by atoms with Gasteiger partial charge in [-0.25, -0.2) is 0 Å². The van der Waals surface area contributed by atoms with Gasteiger partial charge in [0, 0.05) is 30.9 Å². The Balaban J connectivity index is 2.70. The summed E-state index contributed by atoms with van der Waals surface area (Å²) in [6.07, 6.45) is 15.8. The number of unbranched alkanes of at least 4 members (excludes halogenated alkanes) is 10. The van der Waals surface area contributed by atoms with Crippen molar-refractivity contribution in [1.29, 1.82) is 0 Å². The lowest BCUT2D eigenvalue weighted by molar-refractivity contribution is 0.398. The van der Waals surface area contributed by atoms with Gasteiger partial charge in [-0.1, -0.05) is 78.1 Å². The zero-order valence-electron chi connectivity index (χ0n) is 18.9. The molecule has 0 amide bonds. The second-order valence-electron chi connectivity index (χ2n) is 7.79. The molecule has 0 radical (unpaired) electrons. The number of nitrogens with two attached hydrogens (primary N) is 1. The average Bonchev–Trinajstić information content (AvgIpc) is 2.71. The van der Waals surface area contributed by atoms with E-state index < -0.39 is 0 Å². The lowest BCUT2D eigenvalue weighted by Gasteiger charge is -2.26. The number of hydrogen-bond donors (Lipinski definition) is 1. The number of hydrogen-bond acceptors (Lipinski definition) is 4. The van der Waals surface area contributed by atoms with Gasteiger partial charge in [0.05, 0.1) is 14.2 Å². The van der Waals surface area contributed by atoms with Gasteiger partial charge < -0.3 is 20.1 Å². The summed E-state index contributed by atoms with van der Waals surface area (Å²) in [5.41, 5.74) is 7.88. The van der Waals surface area contributed by atoms with Gasteiger partial charge in [-0.2, -0.15) is 0 Å². The van der Waals surface area contributed by atoms with Crippen molar-refractivity contribution in [3.05, 3.63) is 12.1 Å². The highest BCUT2D eigenvalue weighted by atomic mass is 16.5. The summed E-state index contributed by atoms with van der Waals surface area (Å²) in [7, 11) is 3.33. The van der Waals surface area contributed by atoms with Crippen LogP contribution in [0.2, 0.25) is 0 Å². The molecule has 0 aliphatic carbocycles. The van der Waals surface area contributed by atoms with E-state index in [0.29, 0.717) is 17.2 Å². The molecule has 4 heteroatoms. The molecule has 0 atom stereocenters. The van der Waals surface area contributed by atoms with Crippen molar-refractivity contribution in [3.8, 4) is 11.5 Å². The second-order valence-corrected chi connectivity index (χ2v) is 7.79. The van der Waals surface area contributed by atoms with E-state index in [1.54, 1.807) is 14.2 Å². The first-order valence-electron chi connectivity index (χ1n) is 11.4. The van der Waals surface area contributed by atoms with Gasteiger partial charge in [-0.15, -0.1) is 0 Å². The number of ether oxygens (including phenoxy) is 2. The first-order valence-corrected chi connectivity index (χ1v) is 11.4. The maximum absolute atomic E-state index is 6.14. The van der Waals surface area contributed by atoms with Crippen LogP contribution in [0.4, 0.5) is 11.4 Å². The predicted octanol–water partition coefficient (Wildman–Crippen LogP) is 6.81. The number of benzene rings is 1. The van der Waals surface area contributed by atoms with E-state index in [4.69, 9.17) is 15.2 Å². The molecule has 162 valence electrons. The van der Waals surface area contributed by atoms with Crippen molar-refractivity contribution >= 4 is 11.4 Å². The minimum absolute atomic E-state index is 0.577. The summed E-state index contributed by atoms with van der Waals surface area (Å²) in [6, 6.07) is 4.12. The summed E-state index contributed by atoms with van der Waals surface area (Å²) in [6.45, 7) is 6.70. The minimum atomic E-state index is 0.577. The monoisotopic (exact) mass is 392 g/mol. The SMILES string of the molecule is CCCCCCCCN(CCCCCCCC)c1cc(OC)c(N)c(OC)c1. The van der Waals surface area contributed by atoms with Crippen molar-refractivity contribution in [2.45, 2.75) is 90.9 Å². The maximum Gasteiger partial charge on any atom is 0.147 e. The van der Waals surface area contributed by atoms with Gasteiger partial charge in [0.2, 0.25) is 0 Å². The molecule has 0 saturated heterocycles. The van der Waals surface area contributed by atoms with Crippen LogP contribution in [-0.2, 0) is 0 Å². The third-order valence-electron chi connectivity index (χ3n) is 5.46. The summed E-state index contributed by atoms with van der Waals surface area (Å²) in [4.78, 5) is 2.49. The molecule has 0 saturated carbocycles. The molecule has 1 aromatic rings. The molecule has 0 heterocycles. The van der Waals surface area contributed by atoms with Crippen LogP contribution < -0.4 is 20.1 Å². The fraction of sp³-hybridized carbons (Fsp3) is 0.750. The molecule has 0 aromatic heterocycles. The second kappa shape index (κ2) is 15.4. The third-order valence-corrected chi connectivity index (χ3v) is 5.46. The van der Waals surface area contributed by atoms with Gasteiger partial charge in [0.25, 0.3) is 0 Å².